The number of carbonyl (C=O) groups excluding carboxylic acids is 1. The highest BCUT2D eigenvalue weighted by molar-refractivity contribution is 5.90. The monoisotopic (exact) mass is 265 g/mol. The second-order valence-electron chi connectivity index (χ2n) is 5.34. The van der Waals surface area contributed by atoms with Crippen LogP contribution >= 0.6 is 0 Å². The van der Waals surface area contributed by atoms with Crippen molar-refractivity contribution in [1.29, 1.82) is 0 Å². The van der Waals surface area contributed by atoms with Gasteiger partial charge in [-0.3, -0.25) is 4.79 Å². The van der Waals surface area contributed by atoms with E-state index < -0.39 is 0 Å². The van der Waals surface area contributed by atoms with E-state index in [4.69, 9.17) is 10.5 Å². The highest BCUT2D eigenvalue weighted by Gasteiger charge is 2.18. The molecular weight excluding hydrogens is 242 g/mol. The van der Waals surface area contributed by atoms with Gasteiger partial charge in [-0.1, -0.05) is 13.8 Å². The molecule has 5 heteroatoms. The van der Waals surface area contributed by atoms with Crippen molar-refractivity contribution in [2.24, 2.45) is 11.1 Å². The first-order valence-electron chi connectivity index (χ1n) is 6.47. The lowest BCUT2D eigenvalue weighted by Gasteiger charge is -2.23. The number of rotatable bonds is 7. The van der Waals surface area contributed by atoms with E-state index in [1.165, 1.54) is 0 Å². The van der Waals surface area contributed by atoms with E-state index in [0.29, 0.717) is 24.5 Å². The lowest BCUT2D eigenvalue weighted by atomic mass is 9.84. The molecule has 1 heterocycles. The van der Waals surface area contributed by atoms with Crippen LogP contribution < -0.4 is 15.8 Å². The molecule has 5 nitrogen and oxygen atoms in total. The van der Waals surface area contributed by atoms with E-state index in [1.54, 1.807) is 25.4 Å². The van der Waals surface area contributed by atoms with Crippen molar-refractivity contribution >= 4 is 11.6 Å². The first-order valence-corrected chi connectivity index (χ1v) is 6.47. The van der Waals surface area contributed by atoms with Gasteiger partial charge in [-0.25, -0.2) is 4.98 Å². The summed E-state index contributed by atoms with van der Waals surface area (Å²) in [6.45, 7) is 4.90. The SMILES string of the molecule is COc1ccc(NC(=O)CCC(C)(C)CCN)cn1. The molecule has 0 aromatic carbocycles. The van der Waals surface area contributed by atoms with Crippen LogP contribution in [0.4, 0.5) is 5.69 Å². The Morgan fingerprint density at radius 2 is 2.16 bits per heavy atom. The van der Waals surface area contributed by atoms with Gasteiger partial charge in [0.05, 0.1) is 19.0 Å². The molecule has 0 saturated carbocycles. The second-order valence-corrected chi connectivity index (χ2v) is 5.34. The van der Waals surface area contributed by atoms with Crippen molar-refractivity contribution in [2.75, 3.05) is 19.0 Å². The summed E-state index contributed by atoms with van der Waals surface area (Å²) < 4.78 is 4.96. The molecular formula is C14H23N3O2. The Bertz CT molecular complexity index is 402. The van der Waals surface area contributed by atoms with Crippen LogP contribution in [0.2, 0.25) is 0 Å². The molecule has 0 aliphatic rings. The van der Waals surface area contributed by atoms with Gasteiger partial charge in [0.25, 0.3) is 0 Å². The molecule has 0 unspecified atom stereocenters. The van der Waals surface area contributed by atoms with Gasteiger partial charge in [0, 0.05) is 12.5 Å². The van der Waals surface area contributed by atoms with Gasteiger partial charge in [0.15, 0.2) is 0 Å². The van der Waals surface area contributed by atoms with Crippen molar-refractivity contribution in [3.8, 4) is 5.88 Å². The highest BCUT2D eigenvalue weighted by atomic mass is 16.5. The van der Waals surface area contributed by atoms with Crippen LogP contribution in [0, 0.1) is 5.41 Å². The second kappa shape index (κ2) is 7.09. The average molecular weight is 265 g/mol. The fourth-order valence-electron chi connectivity index (χ4n) is 1.77. The summed E-state index contributed by atoms with van der Waals surface area (Å²) in [5.74, 6) is 0.527. The maximum Gasteiger partial charge on any atom is 0.224 e. The fraction of sp³-hybridized carbons (Fsp3) is 0.571. The maximum absolute atomic E-state index is 11.8. The number of hydrogen-bond acceptors (Lipinski definition) is 4. The molecule has 0 fully saturated rings. The molecule has 3 N–H and O–H groups in total. The van der Waals surface area contributed by atoms with Crippen molar-refractivity contribution < 1.29 is 9.53 Å². The Morgan fingerprint density at radius 3 is 2.68 bits per heavy atom. The first-order chi connectivity index (χ1) is 8.96. The smallest absolute Gasteiger partial charge is 0.224 e. The van der Waals surface area contributed by atoms with Crippen LogP contribution in [0.1, 0.15) is 33.1 Å². The topological polar surface area (TPSA) is 77.2 Å². The van der Waals surface area contributed by atoms with E-state index in [0.717, 1.165) is 12.8 Å². The lowest BCUT2D eigenvalue weighted by Crippen LogP contribution is -2.20. The zero-order valence-corrected chi connectivity index (χ0v) is 11.9. The number of hydrogen-bond donors (Lipinski definition) is 2. The minimum atomic E-state index is -0.00272. The van der Waals surface area contributed by atoms with E-state index in [9.17, 15) is 4.79 Å². The van der Waals surface area contributed by atoms with Crippen LogP contribution in [0.15, 0.2) is 18.3 Å². The lowest BCUT2D eigenvalue weighted by molar-refractivity contribution is -0.116. The van der Waals surface area contributed by atoms with Crippen LogP contribution in [0.5, 0.6) is 5.88 Å². The van der Waals surface area contributed by atoms with E-state index in [-0.39, 0.29) is 11.3 Å². The molecule has 1 amide bonds. The molecule has 1 aromatic rings. The van der Waals surface area contributed by atoms with Crippen molar-refractivity contribution in [3.05, 3.63) is 18.3 Å². The molecule has 0 aliphatic heterocycles. The third kappa shape index (κ3) is 5.70. The Hall–Kier alpha value is -1.62. The number of nitrogens with two attached hydrogens (primary N) is 1. The number of pyridine rings is 1. The first kappa shape index (κ1) is 15.4. The number of aromatic nitrogens is 1. The van der Waals surface area contributed by atoms with Gasteiger partial charge < -0.3 is 15.8 Å². The summed E-state index contributed by atoms with van der Waals surface area (Å²) in [4.78, 5) is 15.9. The average Bonchev–Trinajstić information content (AvgIpc) is 2.37. The summed E-state index contributed by atoms with van der Waals surface area (Å²) in [7, 11) is 1.56. The zero-order chi connectivity index (χ0) is 14.3. The number of carbonyl (C=O) groups is 1. The number of anilines is 1. The van der Waals surface area contributed by atoms with Crippen molar-refractivity contribution in [3.63, 3.8) is 0 Å². The molecule has 1 rings (SSSR count). The fourth-order valence-corrected chi connectivity index (χ4v) is 1.77. The molecule has 1 aromatic heterocycles. The number of ether oxygens (including phenoxy) is 1. The Kier molecular flexibility index (Phi) is 5.76. The van der Waals surface area contributed by atoms with Crippen LogP contribution in [0.3, 0.4) is 0 Å². The summed E-state index contributed by atoms with van der Waals surface area (Å²) in [5.41, 5.74) is 6.34. The molecule has 0 saturated heterocycles. The van der Waals surface area contributed by atoms with Gasteiger partial charge in [0.2, 0.25) is 11.8 Å². The summed E-state index contributed by atoms with van der Waals surface area (Å²) in [6, 6.07) is 3.49. The molecule has 0 radical (unpaired) electrons. The highest BCUT2D eigenvalue weighted by Crippen LogP contribution is 2.26. The normalized spacial score (nSPS) is 11.2. The molecule has 0 aliphatic carbocycles. The third-order valence-electron chi connectivity index (χ3n) is 3.08. The molecule has 0 bridgehead atoms. The zero-order valence-electron chi connectivity index (χ0n) is 11.9. The molecule has 106 valence electrons. The summed E-state index contributed by atoms with van der Waals surface area (Å²) >= 11 is 0. The van der Waals surface area contributed by atoms with E-state index >= 15 is 0 Å². The summed E-state index contributed by atoms with van der Waals surface area (Å²) in [5, 5.41) is 2.82. The maximum atomic E-state index is 11.8. The standard InChI is InChI=1S/C14H23N3O2/c1-14(2,8-9-15)7-6-12(18)17-11-4-5-13(19-3)16-10-11/h4-5,10H,6-9,15H2,1-3H3,(H,17,18). The van der Waals surface area contributed by atoms with Gasteiger partial charge >= 0.3 is 0 Å². The molecule has 19 heavy (non-hydrogen) atoms. The molecule has 0 atom stereocenters. The Labute approximate surface area is 114 Å². The number of nitrogens with one attached hydrogen (secondary N) is 1. The van der Waals surface area contributed by atoms with Gasteiger partial charge in [-0.15, -0.1) is 0 Å². The number of amides is 1. The Balaban J connectivity index is 2.42. The molecule has 0 spiro atoms. The minimum Gasteiger partial charge on any atom is -0.481 e. The third-order valence-corrected chi connectivity index (χ3v) is 3.08. The van der Waals surface area contributed by atoms with Crippen molar-refractivity contribution in [2.45, 2.75) is 33.1 Å². The van der Waals surface area contributed by atoms with Gasteiger partial charge in [-0.2, -0.15) is 0 Å². The van der Waals surface area contributed by atoms with Crippen LogP contribution in [0.25, 0.3) is 0 Å². The summed E-state index contributed by atoms with van der Waals surface area (Å²) in [6.07, 6.45) is 3.81. The minimum absolute atomic E-state index is 0.00272. The predicted molar refractivity (Wildman–Crippen MR) is 76.1 cm³/mol. The number of nitrogens with zero attached hydrogens (tertiary/aromatic N) is 1. The van der Waals surface area contributed by atoms with Gasteiger partial charge in [-0.05, 0) is 30.9 Å². The van der Waals surface area contributed by atoms with Crippen LogP contribution in [-0.4, -0.2) is 24.5 Å². The Morgan fingerprint density at radius 1 is 1.42 bits per heavy atom. The predicted octanol–water partition coefficient (Wildman–Crippen LogP) is 2.18. The van der Waals surface area contributed by atoms with E-state index in [2.05, 4.69) is 24.1 Å². The van der Waals surface area contributed by atoms with Crippen molar-refractivity contribution in [1.82, 2.24) is 4.98 Å². The quantitative estimate of drug-likeness (QED) is 0.792. The number of methoxy groups -OCH3 is 1. The van der Waals surface area contributed by atoms with Crippen LogP contribution in [-0.2, 0) is 4.79 Å². The largest absolute Gasteiger partial charge is 0.481 e. The van der Waals surface area contributed by atoms with E-state index in [1.807, 2.05) is 0 Å². The van der Waals surface area contributed by atoms with Gasteiger partial charge in [0.1, 0.15) is 0 Å².